The van der Waals surface area contributed by atoms with Gasteiger partial charge in [0, 0.05) is 18.8 Å². The van der Waals surface area contributed by atoms with Crippen LogP contribution in [0.4, 0.5) is 9.18 Å². The topological polar surface area (TPSA) is 70.0 Å². The van der Waals surface area contributed by atoms with Crippen molar-refractivity contribution in [2.24, 2.45) is 0 Å². The lowest BCUT2D eigenvalue weighted by Crippen LogP contribution is -2.35. The van der Waals surface area contributed by atoms with E-state index in [9.17, 15) is 9.59 Å². The molecule has 0 aliphatic heterocycles. The molecule has 1 aromatic heterocycles. The Bertz CT molecular complexity index is 1230. The van der Waals surface area contributed by atoms with Gasteiger partial charge in [-0.1, -0.05) is 19.1 Å². The molecule has 0 fully saturated rings. The van der Waals surface area contributed by atoms with Crippen LogP contribution in [0.5, 0.6) is 11.5 Å². The maximum atomic E-state index is 15.1. The second-order valence-electron chi connectivity index (χ2n) is 9.01. The van der Waals surface area contributed by atoms with E-state index < -0.39 is 22.9 Å². The minimum Gasteiger partial charge on any atom is -0.497 e. The van der Waals surface area contributed by atoms with Gasteiger partial charge >= 0.3 is 6.09 Å². The maximum absolute atomic E-state index is 15.1. The van der Waals surface area contributed by atoms with Gasteiger partial charge in [0.15, 0.2) is 5.43 Å². The second kappa shape index (κ2) is 10.2. The molecule has 0 saturated heterocycles. The van der Waals surface area contributed by atoms with Crippen LogP contribution in [0.2, 0.25) is 0 Å². The summed E-state index contributed by atoms with van der Waals surface area (Å²) in [5.74, 6) is 0.345. The molecule has 0 saturated carbocycles. The third-order valence-corrected chi connectivity index (χ3v) is 5.07. The first-order valence-electron chi connectivity index (χ1n) is 11.1. The van der Waals surface area contributed by atoms with Gasteiger partial charge in [-0.15, -0.1) is 0 Å². The number of carbonyl (C=O) groups is 1. The molecular formula is C26H31FN2O5. The van der Waals surface area contributed by atoms with Crippen LogP contribution in [0.3, 0.4) is 0 Å². The molecule has 182 valence electrons. The van der Waals surface area contributed by atoms with Crippen molar-refractivity contribution in [1.82, 2.24) is 9.47 Å². The Kier molecular flexibility index (Phi) is 7.49. The van der Waals surface area contributed by atoms with Gasteiger partial charge in [-0.2, -0.15) is 0 Å². The quantitative estimate of drug-likeness (QED) is 0.461. The highest BCUT2D eigenvalue weighted by molar-refractivity contribution is 5.89. The Labute approximate surface area is 198 Å². The molecule has 1 amide bonds. The minimum absolute atomic E-state index is 0.0147. The van der Waals surface area contributed by atoms with Crippen LogP contribution in [-0.2, 0) is 11.4 Å². The normalized spacial score (nSPS) is 11.4. The molecule has 0 radical (unpaired) electrons. The molecule has 8 heteroatoms. The van der Waals surface area contributed by atoms with E-state index in [2.05, 4.69) is 0 Å². The number of hydrogen-bond acceptors (Lipinski definition) is 5. The first-order chi connectivity index (χ1) is 16.1. The van der Waals surface area contributed by atoms with Crippen molar-refractivity contribution in [1.29, 1.82) is 0 Å². The fourth-order valence-corrected chi connectivity index (χ4v) is 3.50. The van der Waals surface area contributed by atoms with Crippen molar-refractivity contribution in [2.75, 3.05) is 20.8 Å². The van der Waals surface area contributed by atoms with E-state index in [4.69, 9.17) is 14.2 Å². The number of halogens is 1. The molecule has 0 N–H and O–H groups in total. The molecule has 0 aliphatic rings. The number of hydrogen-bond donors (Lipinski definition) is 0. The van der Waals surface area contributed by atoms with Crippen LogP contribution < -0.4 is 14.9 Å². The summed E-state index contributed by atoms with van der Waals surface area (Å²) in [6, 6.07) is 9.66. The van der Waals surface area contributed by atoms with Crippen molar-refractivity contribution >= 4 is 17.0 Å². The van der Waals surface area contributed by atoms with Crippen LogP contribution in [0.15, 0.2) is 47.4 Å². The predicted octanol–water partition coefficient (Wildman–Crippen LogP) is 5.43. The van der Waals surface area contributed by atoms with Gasteiger partial charge in [-0.3, -0.25) is 9.69 Å². The van der Waals surface area contributed by atoms with E-state index in [0.29, 0.717) is 29.2 Å². The van der Waals surface area contributed by atoms with Crippen molar-refractivity contribution in [2.45, 2.75) is 46.4 Å². The number of pyridine rings is 1. The lowest BCUT2D eigenvalue weighted by Gasteiger charge is -2.26. The van der Waals surface area contributed by atoms with Gasteiger partial charge in [0.2, 0.25) is 0 Å². The van der Waals surface area contributed by atoms with Crippen molar-refractivity contribution < 1.29 is 23.4 Å². The Morgan fingerprint density at radius 3 is 2.38 bits per heavy atom. The number of carbonyl (C=O) groups excluding carboxylic acids is 1. The minimum atomic E-state index is -0.674. The summed E-state index contributed by atoms with van der Waals surface area (Å²) in [7, 11) is 3.13. The molecule has 7 nitrogen and oxygen atoms in total. The average Bonchev–Trinajstić information content (AvgIpc) is 2.79. The summed E-state index contributed by atoms with van der Waals surface area (Å²) in [6.45, 7) is 7.71. The second-order valence-corrected chi connectivity index (χ2v) is 9.01. The highest BCUT2D eigenvalue weighted by Gasteiger charge is 2.23. The number of ether oxygens (including phenoxy) is 3. The molecule has 0 unspecified atom stereocenters. The molecule has 0 atom stereocenters. The largest absolute Gasteiger partial charge is 0.497 e. The van der Waals surface area contributed by atoms with E-state index in [0.717, 1.165) is 6.42 Å². The number of fused-ring (bicyclic) bond motifs is 1. The standard InChI is InChI=1S/C26H31FN2O5/c1-7-14-33-21-13-12-20(27)22-23(21)29(16-28(5)25(31)34-26(2,3)4)15-19(24(22)30)17-8-10-18(32-6)11-9-17/h8-13,15H,7,14,16H2,1-6H3. The van der Waals surface area contributed by atoms with E-state index in [-0.39, 0.29) is 17.6 Å². The number of aromatic nitrogens is 1. The van der Waals surface area contributed by atoms with Gasteiger partial charge in [0.05, 0.1) is 24.6 Å². The molecule has 0 spiro atoms. The summed E-state index contributed by atoms with van der Waals surface area (Å²) < 4.78 is 33.2. The SMILES string of the molecule is CCCOc1ccc(F)c2c(=O)c(-c3ccc(OC)cc3)cn(CN(C)C(=O)OC(C)(C)C)c12. The van der Waals surface area contributed by atoms with Crippen LogP contribution in [0, 0.1) is 5.82 Å². The third kappa shape index (κ3) is 5.50. The van der Waals surface area contributed by atoms with E-state index in [1.807, 2.05) is 6.92 Å². The number of methoxy groups -OCH3 is 1. The van der Waals surface area contributed by atoms with Gasteiger partial charge in [0.25, 0.3) is 0 Å². The van der Waals surface area contributed by atoms with Crippen molar-refractivity contribution in [3.63, 3.8) is 0 Å². The summed E-state index contributed by atoms with van der Waals surface area (Å²) in [5, 5.41) is -0.0977. The number of nitrogens with zero attached hydrogens (tertiary/aromatic N) is 2. The first kappa shape index (κ1) is 25.1. The molecular weight excluding hydrogens is 439 g/mol. The van der Waals surface area contributed by atoms with Gasteiger partial charge in [-0.05, 0) is 57.0 Å². The van der Waals surface area contributed by atoms with Gasteiger partial charge in [-0.25, -0.2) is 9.18 Å². The predicted molar refractivity (Wildman–Crippen MR) is 130 cm³/mol. The molecule has 2 aromatic carbocycles. The smallest absolute Gasteiger partial charge is 0.411 e. The maximum Gasteiger partial charge on any atom is 0.411 e. The monoisotopic (exact) mass is 470 g/mol. The lowest BCUT2D eigenvalue weighted by molar-refractivity contribution is 0.0248. The fraction of sp³-hybridized carbons (Fsp3) is 0.385. The zero-order valence-electron chi connectivity index (χ0n) is 20.5. The third-order valence-electron chi connectivity index (χ3n) is 5.07. The first-order valence-corrected chi connectivity index (χ1v) is 11.1. The zero-order chi connectivity index (χ0) is 25.0. The van der Waals surface area contributed by atoms with E-state index in [1.165, 1.54) is 17.0 Å². The summed E-state index contributed by atoms with van der Waals surface area (Å²) in [4.78, 5) is 27.4. The van der Waals surface area contributed by atoms with Gasteiger partial charge in [0.1, 0.15) is 29.6 Å². The molecule has 1 heterocycles. The van der Waals surface area contributed by atoms with Crippen molar-refractivity contribution in [3.05, 3.63) is 58.6 Å². The van der Waals surface area contributed by atoms with Gasteiger partial charge < -0.3 is 18.8 Å². The zero-order valence-corrected chi connectivity index (χ0v) is 20.5. The van der Waals surface area contributed by atoms with Crippen LogP contribution in [-0.4, -0.2) is 41.9 Å². The number of benzene rings is 2. The van der Waals surface area contributed by atoms with Crippen LogP contribution >= 0.6 is 0 Å². The highest BCUT2D eigenvalue weighted by Crippen LogP contribution is 2.30. The lowest BCUT2D eigenvalue weighted by atomic mass is 10.0. The summed E-state index contributed by atoms with van der Waals surface area (Å²) in [5.41, 5.74) is 0.0361. The van der Waals surface area contributed by atoms with E-state index >= 15 is 4.39 Å². The molecule has 0 aliphatic carbocycles. The Morgan fingerprint density at radius 2 is 1.79 bits per heavy atom. The summed E-state index contributed by atoms with van der Waals surface area (Å²) in [6.07, 6.45) is 1.81. The Hall–Kier alpha value is -3.55. The Morgan fingerprint density at radius 1 is 1.12 bits per heavy atom. The number of rotatable bonds is 7. The molecule has 0 bridgehead atoms. The van der Waals surface area contributed by atoms with Crippen LogP contribution in [0.1, 0.15) is 34.1 Å². The number of amides is 1. The highest BCUT2D eigenvalue weighted by atomic mass is 19.1. The fourth-order valence-electron chi connectivity index (χ4n) is 3.50. The van der Waals surface area contributed by atoms with Crippen LogP contribution in [0.25, 0.3) is 22.0 Å². The van der Waals surface area contributed by atoms with Crippen molar-refractivity contribution in [3.8, 4) is 22.6 Å². The summed E-state index contributed by atoms with van der Waals surface area (Å²) >= 11 is 0. The molecule has 34 heavy (non-hydrogen) atoms. The Balaban J connectivity index is 2.21. The average molecular weight is 471 g/mol. The molecule has 3 rings (SSSR count). The van der Waals surface area contributed by atoms with E-state index in [1.54, 1.807) is 70.0 Å². The molecule has 3 aromatic rings.